The van der Waals surface area contributed by atoms with Crippen molar-refractivity contribution in [2.24, 2.45) is 0 Å². The average Bonchev–Trinajstić information content (AvgIpc) is 4.28. The molecule has 26 heteroatoms. The first-order valence-electron chi connectivity index (χ1n) is 24.2. The van der Waals surface area contributed by atoms with Crippen LogP contribution in [0.4, 0.5) is 41.7 Å². The molecule has 0 saturated heterocycles. The van der Waals surface area contributed by atoms with Crippen molar-refractivity contribution in [3.63, 3.8) is 0 Å². The number of rotatable bonds is 14. The Hall–Kier alpha value is -9.66. The monoisotopic (exact) mass is 1170 g/mol. The van der Waals surface area contributed by atoms with Gasteiger partial charge >= 0.3 is 46.8 Å². The van der Waals surface area contributed by atoms with Gasteiger partial charge in [0, 0.05) is 39.3 Å². The van der Waals surface area contributed by atoms with Gasteiger partial charge in [0.2, 0.25) is 0 Å². The number of amides is 4. The van der Waals surface area contributed by atoms with Crippen LogP contribution in [0.25, 0.3) is 30.8 Å². The van der Waals surface area contributed by atoms with Crippen LogP contribution in [0.2, 0.25) is 0 Å². The molecule has 6 N–H and O–H groups in total. The molecule has 424 valence electrons. The van der Waals surface area contributed by atoms with E-state index in [0.717, 1.165) is 26.8 Å². The Morgan fingerprint density at radius 3 is 1.32 bits per heavy atom. The van der Waals surface area contributed by atoms with Gasteiger partial charge in [-0.15, -0.1) is 34.0 Å². The Bertz CT molecular complexity index is 3900. The van der Waals surface area contributed by atoms with Crippen LogP contribution in [0.1, 0.15) is 51.8 Å². The third kappa shape index (κ3) is 15.3. The Labute approximate surface area is 472 Å². The SMILES string of the molecule is CCOc1ccccc1N.CCOc1ccccc1NC(=O)N(C)c1cc2oc(=O)c(C(=O)O)cc2s1.CCOc1ccccc1NC(=O)N(C)c1cc2oc(=O)c(C(=O)OC)cc2s1.CNc1cc2oc(=O)c(C(=O)OC)cc2s1. The van der Waals surface area contributed by atoms with E-state index in [2.05, 4.69) is 25.4 Å². The number of urea groups is 2. The Balaban J connectivity index is 0.000000185. The summed E-state index contributed by atoms with van der Waals surface area (Å²) >= 11 is 3.74. The van der Waals surface area contributed by atoms with E-state index in [1.54, 1.807) is 75.7 Å². The smallest absolute Gasteiger partial charge is 0.351 e. The number of nitrogens with two attached hydrogens (primary N) is 1. The summed E-state index contributed by atoms with van der Waals surface area (Å²) in [6.07, 6.45) is 0. The molecule has 0 radical (unpaired) electrons. The molecule has 0 saturated carbocycles. The van der Waals surface area contributed by atoms with E-state index in [1.165, 1.54) is 71.0 Å². The molecule has 0 aliphatic carbocycles. The predicted molar refractivity (Wildman–Crippen MR) is 312 cm³/mol. The first kappa shape index (κ1) is 60.6. The molecule has 6 heterocycles. The zero-order chi connectivity index (χ0) is 58.9. The Morgan fingerprint density at radius 1 is 0.543 bits per heavy atom. The molecular weight excluding hydrogens is 1110 g/mol. The number of hydrogen-bond acceptors (Lipinski definition) is 21. The summed E-state index contributed by atoms with van der Waals surface area (Å²) in [5, 5.41) is 19.4. The van der Waals surface area contributed by atoms with E-state index < -0.39 is 52.4 Å². The van der Waals surface area contributed by atoms with Crippen LogP contribution >= 0.6 is 34.0 Å². The maximum atomic E-state index is 12.6. The molecule has 81 heavy (non-hydrogen) atoms. The molecule has 0 spiro atoms. The largest absolute Gasteiger partial charge is 0.492 e. The van der Waals surface area contributed by atoms with Crippen LogP contribution in [-0.2, 0) is 9.47 Å². The molecule has 0 aliphatic heterocycles. The van der Waals surface area contributed by atoms with Crippen LogP contribution in [-0.4, -0.2) is 90.3 Å². The predicted octanol–water partition coefficient (Wildman–Crippen LogP) is 10.7. The van der Waals surface area contributed by atoms with Crippen molar-refractivity contribution in [1.29, 1.82) is 0 Å². The number of carbonyl (C=O) groups is 5. The lowest BCUT2D eigenvalue weighted by atomic mass is 10.3. The van der Waals surface area contributed by atoms with E-state index in [9.17, 15) is 38.4 Å². The highest BCUT2D eigenvalue weighted by molar-refractivity contribution is 7.23. The van der Waals surface area contributed by atoms with E-state index in [-0.39, 0.29) is 22.3 Å². The fourth-order valence-electron chi connectivity index (χ4n) is 6.89. The topological polar surface area (TPSA) is 311 Å². The minimum atomic E-state index is -1.36. The summed E-state index contributed by atoms with van der Waals surface area (Å²) in [5.41, 5.74) is 5.19. The number of nitrogens with one attached hydrogen (secondary N) is 3. The number of anilines is 6. The summed E-state index contributed by atoms with van der Waals surface area (Å²) < 4.78 is 42.2. The van der Waals surface area contributed by atoms with Crippen molar-refractivity contribution in [1.82, 2.24) is 0 Å². The van der Waals surface area contributed by atoms with Crippen LogP contribution in [0, 0.1) is 0 Å². The molecule has 3 aromatic carbocycles. The second kappa shape index (κ2) is 28.3. The first-order chi connectivity index (χ1) is 38.8. The Kier molecular flexibility index (Phi) is 21.2. The molecule has 0 unspecified atom stereocenters. The number of benzene rings is 3. The molecule has 9 aromatic rings. The first-order valence-corrected chi connectivity index (χ1v) is 26.6. The van der Waals surface area contributed by atoms with E-state index >= 15 is 0 Å². The van der Waals surface area contributed by atoms with Crippen molar-refractivity contribution in [3.8, 4) is 17.2 Å². The second-order valence-corrected chi connectivity index (χ2v) is 19.4. The van der Waals surface area contributed by atoms with Crippen LogP contribution in [0.15, 0.2) is 137 Å². The lowest BCUT2D eigenvalue weighted by Crippen LogP contribution is -2.30. The summed E-state index contributed by atoms with van der Waals surface area (Å²) in [6.45, 7) is 7.24. The summed E-state index contributed by atoms with van der Waals surface area (Å²) in [6, 6.07) is 29.7. The molecule has 0 aliphatic rings. The quantitative estimate of drug-likeness (QED) is 0.0499. The average molecular weight is 1170 g/mol. The van der Waals surface area contributed by atoms with Crippen molar-refractivity contribution in [2.45, 2.75) is 20.8 Å². The highest BCUT2D eigenvalue weighted by Gasteiger charge is 2.22. The zero-order valence-electron chi connectivity index (χ0n) is 44.7. The van der Waals surface area contributed by atoms with Gasteiger partial charge in [-0.25, -0.2) is 38.4 Å². The number of hydrogen-bond donors (Lipinski definition) is 5. The van der Waals surface area contributed by atoms with Gasteiger partial charge < -0.3 is 63.7 Å². The third-order valence-corrected chi connectivity index (χ3v) is 14.2. The summed E-state index contributed by atoms with van der Waals surface area (Å²) in [4.78, 5) is 96.9. The molecular formula is C55H54N6O17S3. The third-order valence-electron chi connectivity index (χ3n) is 10.9. The Morgan fingerprint density at radius 2 is 0.914 bits per heavy atom. The van der Waals surface area contributed by atoms with Gasteiger partial charge in [-0.2, -0.15) is 0 Å². The molecule has 6 aromatic heterocycles. The molecule has 9 rings (SSSR count). The van der Waals surface area contributed by atoms with Gasteiger partial charge in [0.25, 0.3) is 0 Å². The van der Waals surface area contributed by atoms with E-state index in [0.29, 0.717) is 73.4 Å². The number of fused-ring (bicyclic) bond motifs is 3. The van der Waals surface area contributed by atoms with Gasteiger partial charge in [0.1, 0.15) is 43.9 Å². The van der Waals surface area contributed by atoms with Crippen LogP contribution < -0.4 is 62.6 Å². The van der Waals surface area contributed by atoms with E-state index in [4.69, 9.17) is 38.3 Å². The normalized spacial score (nSPS) is 10.4. The fraction of sp³-hybridized carbons (Fsp3) is 0.200. The number of nitrogen functional groups attached to an aromatic ring is 1. The van der Waals surface area contributed by atoms with E-state index in [1.807, 2.05) is 51.1 Å². The molecule has 4 amide bonds. The van der Waals surface area contributed by atoms with Gasteiger partial charge in [0.05, 0.1) is 70.2 Å². The van der Waals surface area contributed by atoms with Gasteiger partial charge in [-0.3, -0.25) is 9.80 Å². The number of nitrogens with zero attached hydrogens (tertiary/aromatic N) is 2. The van der Waals surface area contributed by atoms with Crippen LogP contribution in [0.3, 0.4) is 0 Å². The number of carboxylic acid groups (broad SMARTS) is 1. The maximum absolute atomic E-state index is 12.6. The number of carbonyl (C=O) groups excluding carboxylic acids is 4. The van der Waals surface area contributed by atoms with Crippen molar-refractivity contribution < 1.29 is 66.0 Å². The zero-order valence-corrected chi connectivity index (χ0v) is 47.1. The standard InChI is InChI=1S/C19H18N2O6S.C18H16N2O6S.C10H9NO4S.C8H11NO/c1-4-26-13-8-6-5-7-12(13)20-19(24)21(2)16-10-14-15(28-16)9-11(17(22)25-3)18(23)27-14;1-3-25-12-7-5-4-6-11(12)19-18(24)20(2)15-9-13-14(27-15)8-10(16(21)22)17(23)26-13;1-11-8-4-6-7(16-8)3-5(9(12)14-2)10(13)15-6;1-2-10-8-6-4-3-5-7(8)9/h5-10H,4H2,1-3H3,(H,20,24);4-9H,3H2,1-2H3,(H,19,24)(H,21,22);3-4,11H,1-2H3;3-6H,2,9H2,1H3. The minimum Gasteiger partial charge on any atom is -0.492 e. The van der Waals surface area contributed by atoms with Crippen molar-refractivity contribution in [3.05, 3.63) is 157 Å². The number of thiophene rings is 3. The highest BCUT2D eigenvalue weighted by atomic mass is 32.1. The van der Waals surface area contributed by atoms with Gasteiger partial charge in [0.15, 0.2) is 16.7 Å². The van der Waals surface area contributed by atoms with Gasteiger partial charge in [-0.1, -0.05) is 36.4 Å². The van der Waals surface area contributed by atoms with Crippen LogP contribution in [0.5, 0.6) is 17.2 Å². The number of ether oxygens (including phenoxy) is 5. The molecule has 0 atom stereocenters. The lowest BCUT2D eigenvalue weighted by Gasteiger charge is -2.17. The second-order valence-electron chi connectivity index (χ2n) is 16.2. The fourth-order valence-corrected chi connectivity index (χ4v) is 9.75. The molecule has 0 bridgehead atoms. The molecule has 0 fully saturated rings. The van der Waals surface area contributed by atoms with Gasteiger partial charge in [-0.05, 0) is 75.4 Å². The lowest BCUT2D eigenvalue weighted by molar-refractivity contribution is 0.0587. The number of para-hydroxylation sites is 6. The minimum absolute atomic E-state index is 0.0838. The summed E-state index contributed by atoms with van der Waals surface area (Å²) in [7, 11) is 7.32. The van der Waals surface area contributed by atoms with Crippen molar-refractivity contribution >= 4 is 127 Å². The van der Waals surface area contributed by atoms with Crippen molar-refractivity contribution in [2.75, 3.05) is 86.7 Å². The maximum Gasteiger partial charge on any atom is 0.351 e. The number of methoxy groups -OCH3 is 2. The highest BCUT2D eigenvalue weighted by Crippen LogP contribution is 2.35. The number of carboxylic acids is 1. The summed E-state index contributed by atoms with van der Waals surface area (Å²) in [5.74, 6) is -0.935. The number of esters is 2. The molecule has 23 nitrogen and oxygen atoms in total. The number of aromatic carboxylic acids is 1.